The Morgan fingerprint density at radius 3 is 2.72 bits per heavy atom. The van der Waals surface area contributed by atoms with Crippen molar-refractivity contribution in [2.24, 2.45) is 5.84 Å². The number of fused-ring (bicyclic) bond motifs is 1. The van der Waals surface area contributed by atoms with Gasteiger partial charge in [-0.25, -0.2) is 15.6 Å². The molecule has 3 N–H and O–H groups in total. The Morgan fingerprint density at radius 2 is 1.94 bits per heavy atom. The number of piperidine rings is 1. The van der Waals surface area contributed by atoms with Crippen LogP contribution < -0.4 is 16.2 Å². The minimum atomic E-state index is -0.0828. The number of hydrogen-bond donors (Lipinski definition) is 2. The number of carbonyl (C=O) groups is 1. The van der Waals surface area contributed by atoms with Gasteiger partial charge in [-0.1, -0.05) is 18.2 Å². The van der Waals surface area contributed by atoms with E-state index in [1.165, 1.54) is 5.01 Å². The number of nitrogens with one attached hydrogen (secondary N) is 1. The maximum absolute atomic E-state index is 12.3. The van der Waals surface area contributed by atoms with E-state index in [1.807, 2.05) is 29.2 Å². The van der Waals surface area contributed by atoms with Gasteiger partial charge >= 0.3 is 6.03 Å². The van der Waals surface area contributed by atoms with Crippen LogP contribution >= 0.6 is 0 Å². The Kier molecular flexibility index (Phi) is 2.93. The number of para-hydroxylation sites is 1. The topological polar surface area (TPSA) is 61.6 Å². The lowest BCUT2D eigenvalue weighted by molar-refractivity contribution is 0.156. The monoisotopic (exact) mass is 246 g/mol. The average molecular weight is 246 g/mol. The highest BCUT2D eigenvalue weighted by molar-refractivity contribution is 5.93. The van der Waals surface area contributed by atoms with Crippen molar-refractivity contribution in [2.75, 3.05) is 18.1 Å². The zero-order valence-electron chi connectivity index (χ0n) is 10.3. The Hall–Kier alpha value is -1.59. The van der Waals surface area contributed by atoms with Crippen LogP contribution in [0.2, 0.25) is 0 Å². The number of anilines is 1. The first-order valence-electron chi connectivity index (χ1n) is 6.41. The molecule has 0 aliphatic carbocycles. The molecular weight excluding hydrogens is 228 g/mol. The molecule has 2 amide bonds. The van der Waals surface area contributed by atoms with Crippen molar-refractivity contribution < 1.29 is 4.79 Å². The molecule has 18 heavy (non-hydrogen) atoms. The van der Waals surface area contributed by atoms with Crippen molar-refractivity contribution in [3.8, 4) is 0 Å². The highest BCUT2D eigenvalue weighted by atomic mass is 16.2. The fourth-order valence-electron chi connectivity index (χ4n) is 2.78. The Bertz CT molecular complexity index is 456. The molecule has 5 nitrogen and oxygen atoms in total. The van der Waals surface area contributed by atoms with E-state index in [0.29, 0.717) is 12.6 Å². The molecule has 3 rings (SSSR count). The van der Waals surface area contributed by atoms with E-state index in [4.69, 9.17) is 5.84 Å². The number of benzene rings is 1. The number of hydrogen-bond acceptors (Lipinski definition) is 3. The standard InChI is InChI=1S/C13H18N4O/c14-17-12-4-2-1-3-10(12)9-16(13(17)18)11-5-7-15-8-6-11/h1-4,11,15H,5-9,14H2. The van der Waals surface area contributed by atoms with Crippen molar-refractivity contribution in [1.82, 2.24) is 10.2 Å². The molecule has 1 aromatic rings. The SMILES string of the molecule is NN1C(=O)N(C2CCNCC2)Cc2ccccc21. The number of urea groups is 1. The summed E-state index contributed by atoms with van der Waals surface area (Å²) in [6, 6.07) is 8.05. The summed E-state index contributed by atoms with van der Waals surface area (Å²) in [5.41, 5.74) is 1.95. The fourth-order valence-corrected chi connectivity index (χ4v) is 2.78. The van der Waals surface area contributed by atoms with Crippen LogP contribution in [0.3, 0.4) is 0 Å². The van der Waals surface area contributed by atoms with E-state index in [-0.39, 0.29) is 6.03 Å². The molecule has 0 saturated carbocycles. The third-order valence-electron chi connectivity index (χ3n) is 3.79. The summed E-state index contributed by atoms with van der Waals surface area (Å²) in [4.78, 5) is 14.2. The number of rotatable bonds is 1. The second-order valence-electron chi connectivity index (χ2n) is 4.89. The predicted molar refractivity (Wildman–Crippen MR) is 69.9 cm³/mol. The van der Waals surface area contributed by atoms with Crippen LogP contribution in [0.25, 0.3) is 0 Å². The number of nitrogens with zero attached hydrogens (tertiary/aromatic N) is 2. The van der Waals surface area contributed by atoms with E-state index in [2.05, 4.69) is 5.32 Å². The number of hydrazine groups is 1. The highest BCUT2D eigenvalue weighted by Gasteiger charge is 2.33. The molecule has 1 saturated heterocycles. The fraction of sp³-hybridized carbons (Fsp3) is 0.462. The molecule has 5 heteroatoms. The van der Waals surface area contributed by atoms with Crippen LogP contribution in [-0.2, 0) is 6.54 Å². The average Bonchev–Trinajstić information content (AvgIpc) is 2.44. The Labute approximate surface area is 107 Å². The van der Waals surface area contributed by atoms with E-state index in [1.54, 1.807) is 0 Å². The quantitative estimate of drug-likeness (QED) is 0.575. The van der Waals surface area contributed by atoms with Gasteiger partial charge < -0.3 is 10.2 Å². The Morgan fingerprint density at radius 1 is 1.22 bits per heavy atom. The van der Waals surface area contributed by atoms with Crippen LogP contribution in [0, 0.1) is 0 Å². The number of nitrogens with two attached hydrogens (primary N) is 1. The number of amides is 2. The zero-order valence-corrected chi connectivity index (χ0v) is 10.3. The molecule has 0 atom stereocenters. The van der Waals surface area contributed by atoms with Crippen molar-refractivity contribution in [1.29, 1.82) is 0 Å². The van der Waals surface area contributed by atoms with Crippen LogP contribution in [-0.4, -0.2) is 30.1 Å². The molecule has 2 aliphatic rings. The van der Waals surface area contributed by atoms with Crippen molar-refractivity contribution in [3.63, 3.8) is 0 Å². The minimum absolute atomic E-state index is 0.0828. The van der Waals surface area contributed by atoms with E-state index >= 15 is 0 Å². The first-order chi connectivity index (χ1) is 8.77. The van der Waals surface area contributed by atoms with E-state index in [9.17, 15) is 4.79 Å². The molecule has 1 fully saturated rings. The van der Waals surface area contributed by atoms with Crippen molar-refractivity contribution in [3.05, 3.63) is 29.8 Å². The van der Waals surface area contributed by atoms with Gasteiger partial charge in [0.05, 0.1) is 5.69 Å². The summed E-state index contributed by atoms with van der Waals surface area (Å²) in [7, 11) is 0. The summed E-state index contributed by atoms with van der Waals surface area (Å²) in [5, 5.41) is 4.59. The molecule has 96 valence electrons. The van der Waals surface area contributed by atoms with Gasteiger partial charge in [0.1, 0.15) is 0 Å². The second kappa shape index (κ2) is 4.59. The third kappa shape index (κ3) is 1.85. The van der Waals surface area contributed by atoms with Crippen LogP contribution in [0.1, 0.15) is 18.4 Å². The van der Waals surface area contributed by atoms with Gasteiger partial charge in [0, 0.05) is 12.6 Å². The smallest absolute Gasteiger partial charge is 0.317 e. The molecule has 2 aliphatic heterocycles. The lowest BCUT2D eigenvalue weighted by Crippen LogP contribution is -2.56. The summed E-state index contributed by atoms with van der Waals surface area (Å²) in [5.74, 6) is 5.91. The van der Waals surface area contributed by atoms with Gasteiger partial charge in [0.15, 0.2) is 0 Å². The molecule has 0 bridgehead atoms. The van der Waals surface area contributed by atoms with Gasteiger partial charge in [-0.3, -0.25) is 0 Å². The largest absolute Gasteiger partial charge is 0.339 e. The van der Waals surface area contributed by atoms with Gasteiger partial charge in [0.2, 0.25) is 0 Å². The molecule has 1 aromatic carbocycles. The van der Waals surface area contributed by atoms with Crippen LogP contribution in [0.5, 0.6) is 0 Å². The molecule has 0 radical (unpaired) electrons. The summed E-state index contributed by atoms with van der Waals surface area (Å²) >= 11 is 0. The van der Waals surface area contributed by atoms with E-state index in [0.717, 1.165) is 37.2 Å². The maximum atomic E-state index is 12.3. The van der Waals surface area contributed by atoms with Crippen LogP contribution in [0.15, 0.2) is 24.3 Å². The third-order valence-corrected chi connectivity index (χ3v) is 3.79. The summed E-state index contributed by atoms with van der Waals surface area (Å²) in [6.07, 6.45) is 2.00. The van der Waals surface area contributed by atoms with Gasteiger partial charge in [0.25, 0.3) is 0 Å². The Balaban J connectivity index is 1.88. The molecule has 0 unspecified atom stereocenters. The first-order valence-corrected chi connectivity index (χ1v) is 6.41. The summed E-state index contributed by atoms with van der Waals surface area (Å²) in [6.45, 7) is 2.62. The normalized spacial score (nSPS) is 21.1. The lowest BCUT2D eigenvalue weighted by atomic mass is 10.0. The minimum Gasteiger partial charge on any atom is -0.317 e. The van der Waals surface area contributed by atoms with Crippen molar-refractivity contribution in [2.45, 2.75) is 25.4 Å². The van der Waals surface area contributed by atoms with Gasteiger partial charge in [-0.15, -0.1) is 0 Å². The van der Waals surface area contributed by atoms with Crippen LogP contribution in [0.4, 0.5) is 10.5 Å². The predicted octanol–water partition coefficient (Wildman–Crippen LogP) is 1.05. The zero-order chi connectivity index (χ0) is 12.5. The van der Waals surface area contributed by atoms with Crippen molar-refractivity contribution >= 4 is 11.7 Å². The molecule has 0 spiro atoms. The van der Waals surface area contributed by atoms with Gasteiger partial charge in [-0.05, 0) is 37.6 Å². The molecule has 0 aromatic heterocycles. The summed E-state index contributed by atoms with van der Waals surface area (Å²) < 4.78 is 0. The lowest BCUT2D eigenvalue weighted by Gasteiger charge is -2.40. The molecular formula is C13H18N4O. The van der Waals surface area contributed by atoms with E-state index < -0.39 is 0 Å². The highest BCUT2D eigenvalue weighted by Crippen LogP contribution is 2.28. The number of carbonyl (C=O) groups excluding carboxylic acids is 1. The maximum Gasteiger partial charge on any atom is 0.339 e. The van der Waals surface area contributed by atoms with Gasteiger partial charge in [-0.2, -0.15) is 0 Å². The second-order valence-corrected chi connectivity index (χ2v) is 4.89. The first kappa shape index (κ1) is 11.5. The molecule has 2 heterocycles.